The molecule has 0 bridgehead atoms. The fraction of sp³-hybridized carbons (Fsp3) is 0.800. The molecule has 1 amide bonds. The van der Waals surface area contributed by atoms with E-state index in [0.29, 0.717) is 12.5 Å². The largest absolute Gasteiger partial charge is 0.331 e. The average molecular weight is 378 g/mol. The van der Waals surface area contributed by atoms with E-state index < -0.39 is 6.04 Å². The Bertz CT molecular complexity index is 561. The van der Waals surface area contributed by atoms with Crippen molar-refractivity contribution in [1.29, 1.82) is 0 Å². The number of hydrazone groups is 1. The molecule has 2 fully saturated rings. The number of hydrogen-bond acceptors (Lipinski definition) is 6. The van der Waals surface area contributed by atoms with Crippen LogP contribution in [-0.2, 0) is 9.59 Å². The first-order valence-corrected chi connectivity index (χ1v) is 10.1. The quantitative estimate of drug-likeness (QED) is 0.305. The van der Waals surface area contributed by atoms with Crippen molar-refractivity contribution in [2.75, 3.05) is 19.6 Å². The summed E-state index contributed by atoms with van der Waals surface area (Å²) in [7, 11) is 0. The summed E-state index contributed by atoms with van der Waals surface area (Å²) < 4.78 is 0. The van der Waals surface area contributed by atoms with Crippen molar-refractivity contribution < 1.29 is 9.59 Å². The first-order chi connectivity index (χ1) is 12.9. The van der Waals surface area contributed by atoms with Gasteiger partial charge in [0.1, 0.15) is 12.3 Å². The van der Waals surface area contributed by atoms with Crippen LogP contribution in [0.1, 0.15) is 59.3 Å². The summed E-state index contributed by atoms with van der Waals surface area (Å²) in [6.45, 7) is 8.75. The number of rotatable bonds is 7. The molecule has 2 saturated heterocycles. The number of nitrogens with one attached hydrogen (secondary N) is 1. The molecular formula is C20H35N5O2. The normalized spacial score (nSPS) is 23.7. The van der Waals surface area contributed by atoms with Gasteiger partial charge < -0.3 is 20.9 Å². The van der Waals surface area contributed by atoms with E-state index >= 15 is 0 Å². The Morgan fingerprint density at radius 1 is 1.30 bits per heavy atom. The molecule has 152 valence electrons. The van der Waals surface area contributed by atoms with Gasteiger partial charge >= 0.3 is 0 Å². The van der Waals surface area contributed by atoms with Gasteiger partial charge in [-0.15, -0.1) is 0 Å². The molecular weight excluding hydrogens is 342 g/mol. The monoisotopic (exact) mass is 377 g/mol. The van der Waals surface area contributed by atoms with Gasteiger partial charge in [0.25, 0.3) is 0 Å². The second kappa shape index (κ2) is 9.97. The zero-order chi connectivity index (χ0) is 19.9. The van der Waals surface area contributed by atoms with Crippen molar-refractivity contribution in [3.8, 4) is 0 Å². The molecule has 2 atom stereocenters. The van der Waals surface area contributed by atoms with E-state index in [1.165, 1.54) is 12.8 Å². The van der Waals surface area contributed by atoms with Gasteiger partial charge in [-0.1, -0.05) is 20.8 Å². The van der Waals surface area contributed by atoms with E-state index in [1.807, 2.05) is 20.8 Å². The number of nitrogens with two attached hydrogens (primary N) is 1. The Labute approximate surface area is 162 Å². The molecule has 7 nitrogen and oxygen atoms in total. The van der Waals surface area contributed by atoms with Crippen molar-refractivity contribution in [2.24, 2.45) is 27.3 Å². The summed E-state index contributed by atoms with van der Waals surface area (Å²) >= 11 is 0. The Balaban J connectivity index is 2.02. The Hall–Kier alpha value is -1.76. The highest BCUT2D eigenvalue weighted by molar-refractivity contribution is 6.30. The van der Waals surface area contributed by atoms with Crippen molar-refractivity contribution in [3.63, 3.8) is 0 Å². The van der Waals surface area contributed by atoms with Crippen molar-refractivity contribution in [3.05, 3.63) is 0 Å². The summed E-state index contributed by atoms with van der Waals surface area (Å²) in [5.41, 5.74) is 0.377. The maximum atomic E-state index is 13.0. The summed E-state index contributed by atoms with van der Waals surface area (Å²) in [6.07, 6.45) is 8.32. The number of nitrogens with zero attached hydrogens (tertiary/aromatic N) is 3. The summed E-state index contributed by atoms with van der Waals surface area (Å²) in [6, 6.07) is -0.867. The lowest BCUT2D eigenvalue weighted by atomic mass is 9.86. The Morgan fingerprint density at radius 2 is 2.00 bits per heavy atom. The predicted octanol–water partition coefficient (Wildman–Crippen LogP) is 1.76. The average Bonchev–Trinajstić information content (AvgIpc) is 3.12. The van der Waals surface area contributed by atoms with Gasteiger partial charge in [-0.2, -0.15) is 5.10 Å². The van der Waals surface area contributed by atoms with Crippen LogP contribution in [0.2, 0.25) is 0 Å². The van der Waals surface area contributed by atoms with Gasteiger partial charge in [-0.05, 0) is 62.9 Å². The third-order valence-electron chi connectivity index (χ3n) is 5.60. The summed E-state index contributed by atoms with van der Waals surface area (Å²) in [5, 5.41) is 7.26. The van der Waals surface area contributed by atoms with Crippen LogP contribution in [-0.4, -0.2) is 60.7 Å². The molecule has 0 aliphatic carbocycles. The van der Waals surface area contributed by atoms with Crippen LogP contribution in [0.4, 0.5) is 0 Å². The second-order valence-corrected chi connectivity index (χ2v) is 8.78. The van der Waals surface area contributed by atoms with Gasteiger partial charge in [-0.25, -0.2) is 0 Å². The third-order valence-corrected chi connectivity index (χ3v) is 5.60. The molecule has 7 heteroatoms. The Kier molecular flexibility index (Phi) is 7.95. The minimum absolute atomic E-state index is 0.0805. The SMILES string of the molecule is CC(C)(C)[C@H](N=C/C(CCC1CCNCC1)=N\N)C(=O)N1CCC[C@H]1C=O. The number of amides is 1. The lowest BCUT2D eigenvalue weighted by molar-refractivity contribution is -0.137. The van der Waals surface area contributed by atoms with Crippen LogP contribution in [0.5, 0.6) is 0 Å². The molecule has 0 saturated carbocycles. The first kappa shape index (κ1) is 21.5. The van der Waals surface area contributed by atoms with E-state index in [2.05, 4.69) is 15.4 Å². The van der Waals surface area contributed by atoms with E-state index in [1.54, 1.807) is 11.1 Å². The highest BCUT2D eigenvalue weighted by Gasteiger charge is 2.38. The standard InChI is InChI=1S/C20H35N5O2/c1-20(2,3)18(19(27)25-12-4-5-17(25)14-26)23-13-16(24-21)7-6-15-8-10-22-11-9-15/h13-15,17-18,22H,4-12,21H2,1-3H3/b23-13?,24-16-/t17-,18+/m0/s1. The van der Waals surface area contributed by atoms with Gasteiger partial charge in [0.2, 0.25) is 5.91 Å². The molecule has 2 rings (SSSR count). The van der Waals surface area contributed by atoms with Gasteiger partial charge in [0.05, 0.1) is 11.8 Å². The number of likely N-dealkylation sites (tertiary alicyclic amines) is 1. The maximum absolute atomic E-state index is 13.0. The molecule has 3 N–H and O–H groups in total. The molecule has 0 spiro atoms. The molecule has 0 aromatic heterocycles. The zero-order valence-corrected chi connectivity index (χ0v) is 17.0. The summed E-state index contributed by atoms with van der Waals surface area (Å²) in [5.74, 6) is 6.18. The van der Waals surface area contributed by atoms with Crippen LogP contribution in [0.3, 0.4) is 0 Å². The van der Waals surface area contributed by atoms with Crippen LogP contribution in [0, 0.1) is 11.3 Å². The fourth-order valence-corrected chi connectivity index (χ4v) is 3.87. The van der Waals surface area contributed by atoms with Gasteiger partial charge in [-0.3, -0.25) is 9.79 Å². The van der Waals surface area contributed by atoms with Gasteiger partial charge in [0.15, 0.2) is 0 Å². The Morgan fingerprint density at radius 3 is 2.59 bits per heavy atom. The van der Waals surface area contributed by atoms with Crippen molar-refractivity contribution in [2.45, 2.75) is 71.4 Å². The molecule has 27 heavy (non-hydrogen) atoms. The van der Waals surface area contributed by atoms with E-state index in [9.17, 15) is 9.59 Å². The molecule has 0 aromatic carbocycles. The number of carbonyl (C=O) groups excluding carboxylic acids is 2. The first-order valence-electron chi connectivity index (χ1n) is 10.1. The van der Waals surface area contributed by atoms with Crippen LogP contribution >= 0.6 is 0 Å². The number of piperidine rings is 1. The lowest BCUT2D eigenvalue weighted by Gasteiger charge is -2.31. The number of hydrogen-bond donors (Lipinski definition) is 2. The van der Waals surface area contributed by atoms with E-state index in [0.717, 1.165) is 50.8 Å². The molecule has 0 aromatic rings. The second-order valence-electron chi connectivity index (χ2n) is 8.78. The maximum Gasteiger partial charge on any atom is 0.248 e. The van der Waals surface area contributed by atoms with Crippen LogP contribution in [0.25, 0.3) is 0 Å². The van der Waals surface area contributed by atoms with Crippen molar-refractivity contribution >= 4 is 24.1 Å². The minimum Gasteiger partial charge on any atom is -0.331 e. The fourth-order valence-electron chi connectivity index (χ4n) is 3.87. The molecule has 2 aliphatic rings. The zero-order valence-electron chi connectivity index (χ0n) is 17.0. The lowest BCUT2D eigenvalue weighted by Crippen LogP contribution is -2.47. The number of aliphatic imine (C=N–C) groups is 1. The molecule has 0 unspecified atom stereocenters. The van der Waals surface area contributed by atoms with Crippen LogP contribution < -0.4 is 11.2 Å². The topological polar surface area (TPSA) is 100 Å². The minimum atomic E-state index is -0.548. The number of carbonyl (C=O) groups is 2. The highest BCUT2D eigenvalue weighted by atomic mass is 16.2. The van der Waals surface area contributed by atoms with E-state index in [-0.39, 0.29) is 17.4 Å². The predicted molar refractivity (Wildman–Crippen MR) is 109 cm³/mol. The van der Waals surface area contributed by atoms with Gasteiger partial charge in [0, 0.05) is 12.8 Å². The highest BCUT2D eigenvalue weighted by Crippen LogP contribution is 2.27. The molecule has 2 heterocycles. The number of aldehydes is 1. The third kappa shape index (κ3) is 6.13. The molecule has 0 radical (unpaired) electrons. The van der Waals surface area contributed by atoms with Crippen LogP contribution in [0.15, 0.2) is 10.1 Å². The summed E-state index contributed by atoms with van der Waals surface area (Å²) in [4.78, 5) is 30.6. The smallest absolute Gasteiger partial charge is 0.248 e. The molecule has 2 aliphatic heterocycles. The van der Waals surface area contributed by atoms with Crippen molar-refractivity contribution in [1.82, 2.24) is 10.2 Å². The van der Waals surface area contributed by atoms with E-state index in [4.69, 9.17) is 5.84 Å².